The largest absolute Gasteiger partial charge is 0.355 e. The Labute approximate surface area is 113 Å². The van der Waals surface area contributed by atoms with E-state index in [0.29, 0.717) is 19.6 Å². The molecule has 2 rings (SSSR count). The summed E-state index contributed by atoms with van der Waals surface area (Å²) in [7, 11) is 0. The van der Waals surface area contributed by atoms with Gasteiger partial charge in [0.05, 0.1) is 24.1 Å². The van der Waals surface area contributed by atoms with Gasteiger partial charge in [0.15, 0.2) is 0 Å². The van der Waals surface area contributed by atoms with Crippen molar-refractivity contribution < 1.29 is 4.79 Å². The molecule has 19 heavy (non-hydrogen) atoms. The molecule has 0 fully saturated rings. The van der Waals surface area contributed by atoms with Gasteiger partial charge in [0.25, 0.3) is 0 Å². The molecule has 0 atom stereocenters. The van der Waals surface area contributed by atoms with Crippen molar-refractivity contribution in [2.24, 2.45) is 0 Å². The van der Waals surface area contributed by atoms with Crippen LogP contribution < -0.4 is 10.6 Å². The first-order valence-corrected chi connectivity index (χ1v) is 6.67. The van der Waals surface area contributed by atoms with Crippen LogP contribution in [-0.2, 0) is 17.9 Å². The number of imidazole rings is 1. The van der Waals surface area contributed by atoms with E-state index < -0.39 is 0 Å². The third-order valence-corrected chi connectivity index (χ3v) is 2.99. The minimum Gasteiger partial charge on any atom is -0.355 e. The van der Waals surface area contributed by atoms with Crippen LogP contribution in [0.15, 0.2) is 24.3 Å². The van der Waals surface area contributed by atoms with Crippen LogP contribution in [0.2, 0.25) is 0 Å². The molecule has 102 valence electrons. The van der Waals surface area contributed by atoms with Crippen LogP contribution in [-0.4, -0.2) is 28.5 Å². The molecule has 1 amide bonds. The van der Waals surface area contributed by atoms with Crippen molar-refractivity contribution >= 4 is 16.9 Å². The minimum atomic E-state index is 0.0154. The molecular weight excluding hydrogens is 240 g/mol. The fraction of sp³-hybridized carbons (Fsp3) is 0.429. The van der Waals surface area contributed by atoms with E-state index in [1.807, 2.05) is 25.1 Å². The predicted molar refractivity (Wildman–Crippen MR) is 75.8 cm³/mol. The van der Waals surface area contributed by atoms with Gasteiger partial charge >= 0.3 is 0 Å². The highest BCUT2D eigenvalue weighted by Gasteiger charge is 2.08. The van der Waals surface area contributed by atoms with Crippen LogP contribution in [0.3, 0.4) is 0 Å². The summed E-state index contributed by atoms with van der Waals surface area (Å²) in [6, 6.07) is 8.08. The van der Waals surface area contributed by atoms with Crippen molar-refractivity contribution in [1.82, 2.24) is 20.2 Å². The number of aromatic nitrogens is 2. The molecule has 5 nitrogen and oxygen atoms in total. The second-order valence-corrected chi connectivity index (χ2v) is 4.32. The zero-order valence-electron chi connectivity index (χ0n) is 11.4. The van der Waals surface area contributed by atoms with E-state index in [-0.39, 0.29) is 5.91 Å². The van der Waals surface area contributed by atoms with E-state index in [1.165, 1.54) is 0 Å². The maximum atomic E-state index is 11.4. The van der Waals surface area contributed by atoms with Gasteiger partial charge in [-0.05, 0) is 26.0 Å². The quantitative estimate of drug-likeness (QED) is 0.822. The zero-order chi connectivity index (χ0) is 13.7. The van der Waals surface area contributed by atoms with Gasteiger partial charge in [0, 0.05) is 13.1 Å². The Hall–Kier alpha value is -1.88. The summed E-state index contributed by atoms with van der Waals surface area (Å²) in [6.45, 7) is 6.46. The van der Waals surface area contributed by atoms with E-state index in [2.05, 4.69) is 33.2 Å². The molecule has 0 unspecified atom stereocenters. The lowest BCUT2D eigenvalue weighted by Gasteiger charge is -2.07. The second-order valence-electron chi connectivity index (χ2n) is 4.32. The van der Waals surface area contributed by atoms with Gasteiger partial charge in [-0.1, -0.05) is 12.1 Å². The van der Waals surface area contributed by atoms with Gasteiger partial charge in [0.2, 0.25) is 5.91 Å². The Balaban J connectivity index is 2.06. The fourth-order valence-electron chi connectivity index (χ4n) is 2.16. The van der Waals surface area contributed by atoms with Gasteiger partial charge in [-0.2, -0.15) is 0 Å². The number of rotatable bonds is 6. The molecule has 1 aromatic heterocycles. The van der Waals surface area contributed by atoms with Crippen molar-refractivity contribution in [1.29, 1.82) is 0 Å². The lowest BCUT2D eigenvalue weighted by atomic mass is 10.3. The van der Waals surface area contributed by atoms with Gasteiger partial charge in [-0.3, -0.25) is 4.79 Å². The highest BCUT2D eigenvalue weighted by molar-refractivity contribution is 5.78. The summed E-state index contributed by atoms with van der Waals surface area (Å²) in [4.78, 5) is 16.0. The number of aryl methyl sites for hydroxylation is 1. The summed E-state index contributed by atoms with van der Waals surface area (Å²) in [5.41, 5.74) is 2.14. The van der Waals surface area contributed by atoms with Gasteiger partial charge in [0.1, 0.15) is 5.82 Å². The number of para-hydroxylation sites is 2. The van der Waals surface area contributed by atoms with Crippen LogP contribution in [0.5, 0.6) is 0 Å². The first-order valence-electron chi connectivity index (χ1n) is 6.67. The predicted octanol–water partition coefficient (Wildman–Crippen LogP) is 1.28. The molecule has 0 saturated heterocycles. The molecule has 1 heterocycles. The first-order chi connectivity index (χ1) is 9.26. The molecule has 0 aliphatic carbocycles. The SMILES string of the molecule is CCNC(=O)CNCc1nc2ccccc2n1CC. The molecule has 0 bridgehead atoms. The molecule has 0 spiro atoms. The van der Waals surface area contributed by atoms with E-state index in [1.54, 1.807) is 0 Å². The second kappa shape index (κ2) is 6.33. The van der Waals surface area contributed by atoms with Crippen molar-refractivity contribution in [3.8, 4) is 0 Å². The Morgan fingerprint density at radius 1 is 1.32 bits per heavy atom. The van der Waals surface area contributed by atoms with Gasteiger partial charge in [-0.15, -0.1) is 0 Å². The average Bonchev–Trinajstić information content (AvgIpc) is 2.76. The van der Waals surface area contributed by atoms with E-state index in [0.717, 1.165) is 23.4 Å². The number of hydrogen-bond donors (Lipinski definition) is 2. The highest BCUT2D eigenvalue weighted by Crippen LogP contribution is 2.15. The van der Waals surface area contributed by atoms with Crippen LogP contribution in [0, 0.1) is 0 Å². The normalized spacial score (nSPS) is 10.8. The molecule has 2 aromatic rings. The minimum absolute atomic E-state index is 0.0154. The Kier molecular flexibility index (Phi) is 4.52. The molecular formula is C14H20N4O. The van der Waals surface area contributed by atoms with E-state index >= 15 is 0 Å². The topological polar surface area (TPSA) is 59.0 Å². The van der Waals surface area contributed by atoms with Crippen molar-refractivity contribution in [3.05, 3.63) is 30.1 Å². The number of carbonyl (C=O) groups excluding carboxylic acids is 1. The fourth-order valence-corrected chi connectivity index (χ4v) is 2.16. The van der Waals surface area contributed by atoms with Crippen LogP contribution in [0.4, 0.5) is 0 Å². The van der Waals surface area contributed by atoms with Gasteiger partial charge in [-0.25, -0.2) is 4.98 Å². The number of nitrogens with zero attached hydrogens (tertiary/aromatic N) is 2. The summed E-state index contributed by atoms with van der Waals surface area (Å²) < 4.78 is 2.17. The van der Waals surface area contributed by atoms with Crippen molar-refractivity contribution in [3.63, 3.8) is 0 Å². The summed E-state index contributed by atoms with van der Waals surface area (Å²) in [6.07, 6.45) is 0. The van der Waals surface area contributed by atoms with Gasteiger partial charge < -0.3 is 15.2 Å². The number of benzene rings is 1. The summed E-state index contributed by atoms with van der Waals surface area (Å²) in [5, 5.41) is 5.88. The lowest BCUT2D eigenvalue weighted by molar-refractivity contribution is -0.120. The highest BCUT2D eigenvalue weighted by atomic mass is 16.1. The van der Waals surface area contributed by atoms with Crippen molar-refractivity contribution in [2.45, 2.75) is 26.9 Å². The number of nitrogens with one attached hydrogen (secondary N) is 2. The number of likely N-dealkylation sites (N-methyl/N-ethyl adjacent to an activating group) is 1. The molecule has 5 heteroatoms. The maximum absolute atomic E-state index is 11.4. The van der Waals surface area contributed by atoms with Crippen LogP contribution in [0.1, 0.15) is 19.7 Å². The van der Waals surface area contributed by atoms with Crippen LogP contribution >= 0.6 is 0 Å². The maximum Gasteiger partial charge on any atom is 0.233 e. The Bertz CT molecular complexity index is 562. The third-order valence-electron chi connectivity index (χ3n) is 2.99. The van der Waals surface area contributed by atoms with Crippen molar-refractivity contribution in [2.75, 3.05) is 13.1 Å². The number of hydrogen-bond acceptors (Lipinski definition) is 3. The molecule has 1 aromatic carbocycles. The Morgan fingerprint density at radius 2 is 2.11 bits per heavy atom. The summed E-state index contributed by atoms with van der Waals surface area (Å²) >= 11 is 0. The number of carbonyl (C=O) groups is 1. The zero-order valence-corrected chi connectivity index (χ0v) is 11.4. The van der Waals surface area contributed by atoms with E-state index in [4.69, 9.17) is 0 Å². The number of fused-ring (bicyclic) bond motifs is 1. The molecule has 0 radical (unpaired) electrons. The Morgan fingerprint density at radius 3 is 2.84 bits per heavy atom. The molecule has 0 aliphatic rings. The lowest BCUT2D eigenvalue weighted by Crippen LogP contribution is -2.33. The van der Waals surface area contributed by atoms with E-state index in [9.17, 15) is 4.79 Å². The smallest absolute Gasteiger partial charge is 0.233 e. The standard InChI is InChI=1S/C14H20N4O/c1-3-16-14(19)10-15-9-13-17-11-7-5-6-8-12(11)18(13)4-2/h5-8,15H,3-4,9-10H2,1-2H3,(H,16,19). The monoisotopic (exact) mass is 260 g/mol. The first kappa shape index (κ1) is 13.5. The molecule has 0 saturated carbocycles. The van der Waals surface area contributed by atoms with Crippen LogP contribution in [0.25, 0.3) is 11.0 Å². The third kappa shape index (κ3) is 3.12. The summed E-state index contributed by atoms with van der Waals surface area (Å²) in [5.74, 6) is 0.981. The molecule has 2 N–H and O–H groups in total. The average molecular weight is 260 g/mol. The molecule has 0 aliphatic heterocycles. The number of amides is 1.